The van der Waals surface area contributed by atoms with Gasteiger partial charge in [-0.2, -0.15) is 0 Å². The predicted molar refractivity (Wildman–Crippen MR) is 79.4 cm³/mol. The highest BCUT2D eigenvalue weighted by Gasteiger charge is 2.36. The summed E-state index contributed by atoms with van der Waals surface area (Å²) in [5.41, 5.74) is 0.0794. The Morgan fingerprint density at radius 2 is 1.90 bits per heavy atom. The summed E-state index contributed by atoms with van der Waals surface area (Å²) in [6, 6.07) is 1.96. The van der Waals surface area contributed by atoms with Gasteiger partial charge in [0.2, 0.25) is 0 Å². The monoisotopic (exact) mass is 295 g/mol. The van der Waals surface area contributed by atoms with E-state index in [9.17, 15) is 14.7 Å². The highest BCUT2D eigenvalue weighted by molar-refractivity contribution is 7.14. The summed E-state index contributed by atoms with van der Waals surface area (Å²) in [7, 11) is 1.56. The minimum absolute atomic E-state index is 0.199. The number of nitrogens with zero attached hydrogens (tertiary/aromatic N) is 1. The van der Waals surface area contributed by atoms with Gasteiger partial charge in [0.25, 0.3) is 5.91 Å². The van der Waals surface area contributed by atoms with Crippen molar-refractivity contribution in [1.29, 1.82) is 0 Å². The minimum atomic E-state index is -1.20. The molecule has 0 bridgehead atoms. The van der Waals surface area contributed by atoms with Crippen LogP contribution in [0.1, 0.15) is 53.2 Å². The normalized spacial score (nSPS) is 15.3. The number of hydrogen-bond donors (Lipinski definition) is 1. The van der Waals surface area contributed by atoms with Gasteiger partial charge >= 0.3 is 5.97 Å². The van der Waals surface area contributed by atoms with Crippen LogP contribution in [0.5, 0.6) is 0 Å². The molecule has 1 aromatic rings. The lowest BCUT2D eigenvalue weighted by Crippen LogP contribution is -2.50. The average molecular weight is 295 g/mol. The lowest BCUT2D eigenvalue weighted by atomic mass is 10.0. The molecule has 1 amide bonds. The van der Waals surface area contributed by atoms with Gasteiger partial charge in [0, 0.05) is 11.9 Å². The van der Waals surface area contributed by atoms with Crippen molar-refractivity contribution in [1.82, 2.24) is 4.90 Å². The number of aliphatic carboxylic acids is 1. The van der Waals surface area contributed by atoms with E-state index < -0.39 is 11.5 Å². The number of fused-ring (bicyclic) bond motifs is 1. The number of amides is 1. The highest BCUT2D eigenvalue weighted by Crippen LogP contribution is 2.30. The Morgan fingerprint density at radius 3 is 2.55 bits per heavy atom. The lowest BCUT2D eigenvalue weighted by molar-refractivity contribution is -0.147. The number of rotatable bonds is 3. The van der Waals surface area contributed by atoms with Crippen molar-refractivity contribution in [3.05, 3.63) is 21.4 Å². The molecule has 1 aliphatic rings. The average Bonchev–Trinajstić information content (AvgIpc) is 2.68. The van der Waals surface area contributed by atoms with E-state index in [0.717, 1.165) is 12.8 Å². The van der Waals surface area contributed by atoms with Gasteiger partial charge in [0.1, 0.15) is 5.54 Å². The molecule has 0 saturated heterocycles. The smallest absolute Gasteiger partial charge is 0.329 e. The van der Waals surface area contributed by atoms with E-state index in [-0.39, 0.29) is 5.91 Å². The molecule has 0 fully saturated rings. The Hall–Kier alpha value is -1.36. The van der Waals surface area contributed by atoms with Crippen LogP contribution < -0.4 is 0 Å². The Kier molecular flexibility index (Phi) is 4.18. The molecule has 20 heavy (non-hydrogen) atoms. The summed E-state index contributed by atoms with van der Waals surface area (Å²) >= 11 is 1.53. The second kappa shape index (κ2) is 5.56. The Balaban J connectivity index is 2.24. The quantitative estimate of drug-likeness (QED) is 0.872. The molecule has 0 saturated carbocycles. The Labute approximate surface area is 123 Å². The predicted octanol–water partition coefficient (Wildman–Crippen LogP) is 2.95. The molecule has 1 aromatic heterocycles. The van der Waals surface area contributed by atoms with E-state index >= 15 is 0 Å². The number of carboxylic acids is 1. The molecule has 2 rings (SSSR count). The Morgan fingerprint density at radius 1 is 1.25 bits per heavy atom. The molecule has 110 valence electrons. The van der Waals surface area contributed by atoms with E-state index in [1.807, 2.05) is 6.07 Å². The van der Waals surface area contributed by atoms with Crippen LogP contribution in [0.15, 0.2) is 6.07 Å². The van der Waals surface area contributed by atoms with Crippen LogP contribution in [-0.4, -0.2) is 34.5 Å². The van der Waals surface area contributed by atoms with Gasteiger partial charge < -0.3 is 10.0 Å². The second-order valence-corrected chi connectivity index (χ2v) is 6.98. The number of carboxylic acid groups (broad SMARTS) is 1. The largest absolute Gasteiger partial charge is 0.480 e. The summed E-state index contributed by atoms with van der Waals surface area (Å²) < 4.78 is 0. The first-order valence-electron chi connectivity index (χ1n) is 6.97. The summed E-state index contributed by atoms with van der Waals surface area (Å²) in [5.74, 6) is -1.19. The third kappa shape index (κ3) is 2.73. The topological polar surface area (TPSA) is 57.6 Å². The number of carbonyl (C=O) groups is 2. The first kappa shape index (κ1) is 15.0. The van der Waals surface area contributed by atoms with Crippen LogP contribution in [0.2, 0.25) is 0 Å². The molecule has 0 radical (unpaired) electrons. The van der Waals surface area contributed by atoms with Gasteiger partial charge in [0.05, 0.1) is 4.88 Å². The van der Waals surface area contributed by atoms with Gasteiger partial charge in [-0.1, -0.05) is 6.42 Å². The Bertz CT molecular complexity index is 510. The standard InChI is InChI=1S/C15H21NO3S/c1-15(2,14(18)19)16(3)13(17)12-9-10-7-5-4-6-8-11(10)20-12/h9H,4-8H2,1-3H3,(H,18,19). The summed E-state index contributed by atoms with van der Waals surface area (Å²) in [6.45, 7) is 3.09. The fourth-order valence-corrected chi connectivity index (χ4v) is 3.56. The molecule has 0 aliphatic heterocycles. The maximum absolute atomic E-state index is 12.5. The van der Waals surface area contributed by atoms with Crippen molar-refractivity contribution in [2.75, 3.05) is 7.05 Å². The molecule has 1 N–H and O–H groups in total. The van der Waals surface area contributed by atoms with Crippen LogP contribution in [-0.2, 0) is 17.6 Å². The zero-order valence-corrected chi connectivity index (χ0v) is 13.0. The fraction of sp³-hybridized carbons (Fsp3) is 0.600. The second-order valence-electron chi connectivity index (χ2n) is 5.85. The highest BCUT2D eigenvalue weighted by atomic mass is 32.1. The molecular formula is C15H21NO3S. The SMILES string of the molecule is CN(C(=O)c1cc2c(s1)CCCCC2)C(C)(C)C(=O)O. The fourth-order valence-electron chi connectivity index (χ4n) is 2.34. The number of likely N-dealkylation sites (N-methyl/N-ethyl adjacent to an activating group) is 1. The molecule has 0 aromatic carbocycles. The van der Waals surface area contributed by atoms with Crippen LogP contribution in [0.4, 0.5) is 0 Å². The van der Waals surface area contributed by atoms with Gasteiger partial charge in [-0.25, -0.2) is 4.79 Å². The van der Waals surface area contributed by atoms with E-state index in [1.165, 1.54) is 45.9 Å². The lowest BCUT2D eigenvalue weighted by Gasteiger charge is -2.31. The maximum Gasteiger partial charge on any atom is 0.329 e. The first-order chi connectivity index (χ1) is 9.34. The number of hydrogen-bond acceptors (Lipinski definition) is 3. The van der Waals surface area contributed by atoms with E-state index in [1.54, 1.807) is 20.9 Å². The van der Waals surface area contributed by atoms with Crippen molar-refractivity contribution in [3.63, 3.8) is 0 Å². The molecule has 1 heterocycles. The number of aryl methyl sites for hydroxylation is 2. The molecule has 5 heteroatoms. The van der Waals surface area contributed by atoms with Crippen molar-refractivity contribution in [3.8, 4) is 0 Å². The van der Waals surface area contributed by atoms with Crippen molar-refractivity contribution in [2.24, 2.45) is 0 Å². The van der Waals surface area contributed by atoms with Gasteiger partial charge in [0.15, 0.2) is 0 Å². The number of thiophene rings is 1. The third-order valence-corrected chi connectivity index (χ3v) is 5.35. The molecule has 4 nitrogen and oxygen atoms in total. The summed E-state index contributed by atoms with van der Waals surface area (Å²) in [6.07, 6.45) is 5.67. The summed E-state index contributed by atoms with van der Waals surface area (Å²) in [5, 5.41) is 9.22. The molecule has 0 atom stereocenters. The van der Waals surface area contributed by atoms with Crippen LogP contribution >= 0.6 is 11.3 Å². The van der Waals surface area contributed by atoms with E-state index in [4.69, 9.17) is 0 Å². The molecule has 1 aliphatic carbocycles. The molecular weight excluding hydrogens is 274 g/mol. The van der Waals surface area contributed by atoms with Crippen molar-refractivity contribution >= 4 is 23.2 Å². The van der Waals surface area contributed by atoms with E-state index in [2.05, 4.69) is 0 Å². The molecule has 0 spiro atoms. The zero-order chi connectivity index (χ0) is 14.9. The molecule has 0 unspecified atom stereocenters. The number of carbonyl (C=O) groups excluding carboxylic acids is 1. The van der Waals surface area contributed by atoms with Gasteiger partial charge in [-0.05, 0) is 51.2 Å². The van der Waals surface area contributed by atoms with Crippen LogP contribution in [0.25, 0.3) is 0 Å². The zero-order valence-electron chi connectivity index (χ0n) is 12.2. The van der Waals surface area contributed by atoms with Crippen molar-refractivity contribution < 1.29 is 14.7 Å². The van der Waals surface area contributed by atoms with Crippen molar-refractivity contribution in [2.45, 2.75) is 51.5 Å². The van der Waals surface area contributed by atoms with Gasteiger partial charge in [-0.3, -0.25) is 4.79 Å². The third-order valence-electron chi connectivity index (χ3n) is 4.12. The minimum Gasteiger partial charge on any atom is -0.480 e. The summed E-state index contributed by atoms with van der Waals surface area (Å²) in [4.78, 5) is 27.0. The first-order valence-corrected chi connectivity index (χ1v) is 7.79. The maximum atomic E-state index is 12.5. The van der Waals surface area contributed by atoms with E-state index in [0.29, 0.717) is 4.88 Å². The van der Waals surface area contributed by atoms with Crippen LogP contribution in [0, 0.1) is 0 Å². The van der Waals surface area contributed by atoms with Crippen LogP contribution in [0.3, 0.4) is 0 Å². The van der Waals surface area contributed by atoms with Gasteiger partial charge in [-0.15, -0.1) is 11.3 Å².